The molecule has 2 saturated carbocycles. The average molecular weight is 544 g/mol. The molecule has 1 aromatic carbocycles. The van der Waals surface area contributed by atoms with Crippen molar-refractivity contribution in [2.24, 2.45) is 5.73 Å². The minimum Gasteiger partial charge on any atom is -0.383 e. The molecule has 0 unspecified atom stereocenters. The quantitative estimate of drug-likeness (QED) is 0.281. The smallest absolute Gasteiger partial charge is 0.227 e. The van der Waals surface area contributed by atoms with Crippen molar-refractivity contribution in [1.29, 1.82) is 0 Å². The van der Waals surface area contributed by atoms with Gasteiger partial charge in [0.1, 0.15) is 0 Å². The van der Waals surface area contributed by atoms with E-state index in [0.717, 1.165) is 61.4 Å². The predicted octanol–water partition coefficient (Wildman–Crippen LogP) is 5.41. The van der Waals surface area contributed by atoms with E-state index in [1.54, 1.807) is 0 Å². The van der Waals surface area contributed by atoms with Gasteiger partial charge in [0, 0.05) is 36.9 Å². The number of imidazole rings is 1. The summed E-state index contributed by atoms with van der Waals surface area (Å²) in [5, 5.41) is 10.5. The van der Waals surface area contributed by atoms with Gasteiger partial charge in [-0.15, -0.1) is 37.2 Å². The lowest BCUT2D eigenvalue weighted by molar-refractivity contribution is 0.410. The highest BCUT2D eigenvalue weighted by Gasteiger charge is 2.23. The zero-order valence-corrected chi connectivity index (χ0v) is 22.3. The van der Waals surface area contributed by atoms with Gasteiger partial charge >= 0.3 is 0 Å². The molecule has 0 saturated heterocycles. The number of anilines is 3. The van der Waals surface area contributed by atoms with Crippen LogP contribution in [0.4, 0.5) is 17.5 Å². The molecule has 0 spiro atoms. The lowest BCUT2D eigenvalue weighted by Gasteiger charge is -2.27. The van der Waals surface area contributed by atoms with Gasteiger partial charge in [0.25, 0.3) is 0 Å². The fraction of sp³-hybridized carbons (Fsp3) is 0.542. The number of hydrogen-bond acceptors (Lipinski definition) is 7. The Kier molecular flexibility index (Phi) is 11.6. The lowest BCUT2D eigenvalue weighted by atomic mass is 9.92. The molecule has 2 fully saturated rings. The van der Waals surface area contributed by atoms with Gasteiger partial charge in [0.2, 0.25) is 5.95 Å². The standard InChI is InChI=1S/C24H34N8.3ClH/c25-17-10-12-19(13-11-17)29-24-30-22(27-15-14-26-18-6-2-1-3-7-18)21-23(31-24)32(16-28-21)20-8-4-5-9-20;;;/h1-3,6-7,16-17,19-20,26H,4-5,8-15,25H2,(H2,27,29,30,31);3*1H. The summed E-state index contributed by atoms with van der Waals surface area (Å²) in [6, 6.07) is 11.4. The molecule has 0 amide bonds. The van der Waals surface area contributed by atoms with E-state index in [0.29, 0.717) is 24.1 Å². The van der Waals surface area contributed by atoms with Crippen LogP contribution in [0.1, 0.15) is 57.4 Å². The van der Waals surface area contributed by atoms with E-state index < -0.39 is 0 Å². The van der Waals surface area contributed by atoms with E-state index in [-0.39, 0.29) is 37.2 Å². The minimum atomic E-state index is 0. The van der Waals surface area contributed by atoms with Crippen LogP contribution < -0.4 is 21.7 Å². The van der Waals surface area contributed by atoms with Gasteiger partial charge < -0.3 is 26.3 Å². The van der Waals surface area contributed by atoms with Crippen LogP contribution in [0, 0.1) is 0 Å². The third kappa shape index (κ3) is 7.26. The maximum atomic E-state index is 6.09. The summed E-state index contributed by atoms with van der Waals surface area (Å²) in [5.74, 6) is 1.49. The summed E-state index contributed by atoms with van der Waals surface area (Å²) < 4.78 is 2.26. The zero-order chi connectivity index (χ0) is 21.8. The van der Waals surface area contributed by atoms with Gasteiger partial charge in [0.15, 0.2) is 17.0 Å². The Balaban J connectivity index is 0.00000144. The van der Waals surface area contributed by atoms with Crippen molar-refractivity contribution < 1.29 is 0 Å². The number of nitrogens with zero attached hydrogens (tertiary/aromatic N) is 4. The largest absolute Gasteiger partial charge is 0.383 e. The molecule has 35 heavy (non-hydrogen) atoms. The second kappa shape index (κ2) is 13.9. The molecule has 0 atom stereocenters. The molecular formula is C24H37Cl3N8. The predicted molar refractivity (Wildman–Crippen MR) is 152 cm³/mol. The van der Waals surface area contributed by atoms with E-state index in [9.17, 15) is 0 Å². The maximum absolute atomic E-state index is 6.09. The van der Waals surface area contributed by atoms with Crippen molar-refractivity contribution >= 4 is 65.8 Å². The summed E-state index contributed by atoms with van der Waals surface area (Å²) in [7, 11) is 0. The number of nitrogens with one attached hydrogen (secondary N) is 3. The van der Waals surface area contributed by atoms with Crippen LogP contribution in [0.25, 0.3) is 11.2 Å². The Bertz CT molecular complexity index is 1020. The van der Waals surface area contributed by atoms with E-state index in [2.05, 4.69) is 32.7 Å². The van der Waals surface area contributed by atoms with E-state index in [1.165, 1.54) is 25.7 Å². The first-order valence-electron chi connectivity index (χ1n) is 12.1. The number of para-hydroxylation sites is 1. The Morgan fingerprint density at radius 2 is 1.54 bits per heavy atom. The SMILES string of the molecule is Cl.Cl.Cl.NC1CCC(Nc2nc(NCCNc3ccccc3)c3ncn(C4CCCC4)c3n2)CC1. The number of aromatic nitrogens is 4. The highest BCUT2D eigenvalue weighted by Crippen LogP contribution is 2.33. The number of nitrogens with two attached hydrogens (primary N) is 1. The van der Waals surface area contributed by atoms with Crippen LogP contribution in [0.5, 0.6) is 0 Å². The molecule has 2 aliphatic carbocycles. The first-order valence-corrected chi connectivity index (χ1v) is 12.1. The molecule has 2 heterocycles. The summed E-state index contributed by atoms with van der Waals surface area (Å²) in [4.78, 5) is 14.5. The van der Waals surface area contributed by atoms with Gasteiger partial charge in [-0.2, -0.15) is 9.97 Å². The fourth-order valence-corrected chi connectivity index (χ4v) is 4.94. The van der Waals surface area contributed by atoms with Crippen LogP contribution in [0.3, 0.4) is 0 Å². The molecule has 5 rings (SSSR count). The highest BCUT2D eigenvalue weighted by atomic mass is 35.5. The van der Waals surface area contributed by atoms with E-state index in [4.69, 9.17) is 20.7 Å². The molecule has 11 heteroatoms. The second-order valence-electron chi connectivity index (χ2n) is 9.13. The molecule has 3 aromatic rings. The van der Waals surface area contributed by atoms with Crippen molar-refractivity contribution in [3.05, 3.63) is 36.7 Å². The third-order valence-electron chi connectivity index (χ3n) is 6.76. The molecule has 0 bridgehead atoms. The van der Waals surface area contributed by atoms with Gasteiger partial charge in [-0.05, 0) is 50.7 Å². The summed E-state index contributed by atoms with van der Waals surface area (Å²) in [5.41, 5.74) is 8.99. The monoisotopic (exact) mass is 542 g/mol. The Hall–Kier alpha value is -2.00. The van der Waals surface area contributed by atoms with Crippen molar-refractivity contribution in [2.45, 2.75) is 69.5 Å². The summed E-state index contributed by atoms with van der Waals surface area (Å²) >= 11 is 0. The van der Waals surface area contributed by atoms with Crippen molar-refractivity contribution in [1.82, 2.24) is 19.5 Å². The number of halogens is 3. The average Bonchev–Trinajstić information content (AvgIpc) is 3.49. The Morgan fingerprint density at radius 3 is 2.26 bits per heavy atom. The molecular weight excluding hydrogens is 507 g/mol. The first kappa shape index (κ1) is 29.2. The van der Waals surface area contributed by atoms with Crippen LogP contribution in [0.2, 0.25) is 0 Å². The van der Waals surface area contributed by atoms with Crippen LogP contribution in [0.15, 0.2) is 36.7 Å². The van der Waals surface area contributed by atoms with Crippen molar-refractivity contribution in [2.75, 3.05) is 29.0 Å². The summed E-state index contributed by atoms with van der Waals surface area (Å²) in [6.07, 6.45) is 11.1. The maximum Gasteiger partial charge on any atom is 0.227 e. The number of rotatable bonds is 8. The van der Waals surface area contributed by atoms with E-state index in [1.807, 2.05) is 24.5 Å². The molecule has 2 aliphatic rings. The minimum absolute atomic E-state index is 0. The van der Waals surface area contributed by atoms with Crippen LogP contribution >= 0.6 is 37.2 Å². The van der Waals surface area contributed by atoms with Crippen LogP contribution in [-0.2, 0) is 0 Å². The molecule has 0 radical (unpaired) electrons. The first-order chi connectivity index (χ1) is 15.8. The number of hydrogen-bond donors (Lipinski definition) is 4. The zero-order valence-electron chi connectivity index (χ0n) is 19.9. The fourth-order valence-electron chi connectivity index (χ4n) is 4.94. The molecule has 5 N–H and O–H groups in total. The number of fused-ring (bicyclic) bond motifs is 1. The van der Waals surface area contributed by atoms with Crippen molar-refractivity contribution in [3.8, 4) is 0 Å². The van der Waals surface area contributed by atoms with Crippen LogP contribution in [-0.4, -0.2) is 44.7 Å². The van der Waals surface area contributed by atoms with Gasteiger partial charge in [-0.1, -0.05) is 31.0 Å². The Labute approximate surface area is 225 Å². The normalized spacial score (nSPS) is 19.8. The van der Waals surface area contributed by atoms with Gasteiger partial charge in [-0.25, -0.2) is 4.98 Å². The number of benzene rings is 1. The molecule has 2 aromatic heterocycles. The second-order valence-corrected chi connectivity index (χ2v) is 9.13. The topological polar surface area (TPSA) is 106 Å². The lowest BCUT2D eigenvalue weighted by Crippen LogP contribution is -2.33. The van der Waals surface area contributed by atoms with Crippen molar-refractivity contribution in [3.63, 3.8) is 0 Å². The van der Waals surface area contributed by atoms with E-state index >= 15 is 0 Å². The molecule has 0 aliphatic heterocycles. The highest BCUT2D eigenvalue weighted by molar-refractivity contribution is 5.86. The van der Waals surface area contributed by atoms with Gasteiger partial charge in [0.05, 0.1) is 6.33 Å². The molecule has 194 valence electrons. The Morgan fingerprint density at radius 1 is 0.857 bits per heavy atom. The van der Waals surface area contributed by atoms with Gasteiger partial charge in [-0.3, -0.25) is 0 Å². The summed E-state index contributed by atoms with van der Waals surface area (Å²) in [6.45, 7) is 1.54. The molecule has 8 nitrogen and oxygen atoms in total. The third-order valence-corrected chi connectivity index (χ3v) is 6.76.